The summed E-state index contributed by atoms with van der Waals surface area (Å²) in [5, 5.41) is 2.69. The summed E-state index contributed by atoms with van der Waals surface area (Å²) < 4.78 is 10.4. The van der Waals surface area contributed by atoms with Crippen molar-refractivity contribution in [2.45, 2.75) is 38.6 Å². The van der Waals surface area contributed by atoms with E-state index >= 15 is 0 Å². The number of esters is 1. The van der Waals surface area contributed by atoms with Crippen LogP contribution in [-0.4, -0.2) is 35.3 Å². The molecular weight excluding hydrogens is 378 g/mol. The molecule has 8 heteroatoms. The van der Waals surface area contributed by atoms with E-state index in [0.29, 0.717) is 11.6 Å². The van der Waals surface area contributed by atoms with Crippen LogP contribution in [-0.2, 0) is 15.3 Å². The summed E-state index contributed by atoms with van der Waals surface area (Å²) in [4.78, 5) is 28.9. The number of nitrogens with one attached hydrogen (secondary N) is 1. The van der Waals surface area contributed by atoms with E-state index in [1.54, 1.807) is 18.7 Å². The number of rotatable bonds is 10. The Morgan fingerprint density at radius 1 is 1.29 bits per heavy atom. The number of hydrogen-bond donors (Lipinski definition) is 2. The van der Waals surface area contributed by atoms with Gasteiger partial charge in [-0.25, -0.2) is 9.78 Å². The lowest BCUT2D eigenvalue weighted by molar-refractivity contribution is -0.144. The highest BCUT2D eigenvalue weighted by molar-refractivity contribution is 7.98. The first kappa shape index (κ1) is 22.0. The minimum atomic E-state index is -0.778. The fraction of sp³-hybridized carbons (Fsp3) is 0.450. The predicted molar refractivity (Wildman–Crippen MR) is 109 cm³/mol. The van der Waals surface area contributed by atoms with Crippen LogP contribution in [0.5, 0.6) is 0 Å². The highest BCUT2D eigenvalue weighted by Crippen LogP contribution is 2.18. The summed E-state index contributed by atoms with van der Waals surface area (Å²) in [5.74, 6) is 0.561. The molecule has 2 atom stereocenters. The predicted octanol–water partition coefficient (Wildman–Crippen LogP) is 2.93. The first-order valence-corrected chi connectivity index (χ1v) is 10.4. The Balaban J connectivity index is 1.99. The number of ether oxygens (including phenoxy) is 1. The van der Waals surface area contributed by atoms with Crippen LogP contribution in [0.2, 0.25) is 0 Å². The molecule has 1 amide bonds. The zero-order valence-electron chi connectivity index (χ0n) is 16.4. The van der Waals surface area contributed by atoms with Crippen molar-refractivity contribution in [2.24, 2.45) is 11.7 Å². The van der Waals surface area contributed by atoms with Gasteiger partial charge >= 0.3 is 5.97 Å². The second kappa shape index (κ2) is 10.9. The molecule has 0 spiro atoms. The first-order chi connectivity index (χ1) is 13.4. The number of thioether (sulfide) groups is 1. The highest BCUT2D eigenvalue weighted by Gasteiger charge is 2.25. The first-order valence-electron chi connectivity index (χ1n) is 9.22. The van der Waals surface area contributed by atoms with E-state index in [0.717, 1.165) is 11.3 Å². The number of nitrogens with two attached hydrogens (primary N) is 1. The fourth-order valence-electron chi connectivity index (χ4n) is 2.34. The standard InChI is InChI=1S/C20H27N3O4S/c1-4-26-20(25)16(12-28-11-14-8-6-5-7-9-14)22-18(24)15-10-27-19(23-15)17(21)13(2)3/h5-10,13,16-17H,4,11-12,21H2,1-3H3,(H,22,24). The minimum Gasteiger partial charge on any atom is -0.464 e. The number of hydrogen-bond acceptors (Lipinski definition) is 7. The Kier molecular flexibility index (Phi) is 8.53. The van der Waals surface area contributed by atoms with Gasteiger partial charge in [-0.1, -0.05) is 44.2 Å². The number of carbonyl (C=O) groups excluding carboxylic acids is 2. The molecule has 28 heavy (non-hydrogen) atoms. The maximum atomic E-state index is 12.5. The van der Waals surface area contributed by atoms with Crippen LogP contribution >= 0.6 is 11.8 Å². The number of nitrogens with zero attached hydrogens (tertiary/aromatic N) is 1. The number of amides is 1. The van der Waals surface area contributed by atoms with Crippen LogP contribution in [0.3, 0.4) is 0 Å². The van der Waals surface area contributed by atoms with E-state index in [-0.39, 0.29) is 18.2 Å². The summed E-state index contributed by atoms with van der Waals surface area (Å²) in [6, 6.07) is 8.73. The highest BCUT2D eigenvalue weighted by atomic mass is 32.2. The molecule has 0 fully saturated rings. The summed E-state index contributed by atoms with van der Waals surface area (Å²) in [5.41, 5.74) is 7.23. The van der Waals surface area contributed by atoms with Crippen LogP contribution in [0.4, 0.5) is 0 Å². The second-order valence-corrected chi connectivity index (χ2v) is 7.65. The Morgan fingerprint density at radius 2 is 2.00 bits per heavy atom. The lowest BCUT2D eigenvalue weighted by atomic mass is 10.1. The van der Waals surface area contributed by atoms with Crippen molar-refractivity contribution in [3.05, 3.63) is 53.7 Å². The molecule has 0 bridgehead atoms. The molecule has 0 saturated carbocycles. The zero-order valence-corrected chi connectivity index (χ0v) is 17.2. The Hall–Kier alpha value is -2.32. The molecule has 3 N–H and O–H groups in total. The molecule has 0 aliphatic carbocycles. The summed E-state index contributed by atoms with van der Waals surface area (Å²) in [6.07, 6.45) is 1.26. The van der Waals surface area contributed by atoms with Crippen molar-refractivity contribution < 1.29 is 18.7 Å². The van der Waals surface area contributed by atoms with Crippen LogP contribution in [0, 0.1) is 5.92 Å². The van der Waals surface area contributed by atoms with Gasteiger partial charge in [-0.3, -0.25) is 4.79 Å². The van der Waals surface area contributed by atoms with E-state index in [4.69, 9.17) is 14.9 Å². The molecule has 1 heterocycles. The average Bonchev–Trinajstić information content (AvgIpc) is 3.17. The number of aromatic nitrogens is 1. The Labute approximate surface area is 169 Å². The van der Waals surface area contributed by atoms with Crippen molar-refractivity contribution in [1.29, 1.82) is 0 Å². The molecule has 152 valence electrons. The van der Waals surface area contributed by atoms with E-state index < -0.39 is 24.0 Å². The lowest BCUT2D eigenvalue weighted by Crippen LogP contribution is -2.43. The van der Waals surface area contributed by atoms with E-state index in [2.05, 4.69) is 10.3 Å². The van der Waals surface area contributed by atoms with Crippen molar-refractivity contribution in [1.82, 2.24) is 10.3 Å². The van der Waals surface area contributed by atoms with Crippen LogP contribution in [0.15, 0.2) is 41.0 Å². The van der Waals surface area contributed by atoms with Gasteiger partial charge in [0.25, 0.3) is 5.91 Å². The number of benzene rings is 1. The smallest absolute Gasteiger partial charge is 0.329 e. The largest absolute Gasteiger partial charge is 0.464 e. The van der Waals surface area contributed by atoms with Crippen molar-refractivity contribution in [3.8, 4) is 0 Å². The van der Waals surface area contributed by atoms with Gasteiger partial charge in [-0.05, 0) is 18.4 Å². The molecule has 2 aromatic rings. The van der Waals surface area contributed by atoms with Gasteiger partial charge in [0.2, 0.25) is 5.89 Å². The molecule has 2 unspecified atom stereocenters. The Bertz CT molecular complexity index is 764. The van der Waals surface area contributed by atoms with Gasteiger partial charge in [0.15, 0.2) is 5.69 Å². The number of carbonyl (C=O) groups is 2. The lowest BCUT2D eigenvalue weighted by Gasteiger charge is -2.16. The molecule has 0 aliphatic rings. The van der Waals surface area contributed by atoms with Crippen molar-refractivity contribution in [2.75, 3.05) is 12.4 Å². The fourth-order valence-corrected chi connectivity index (χ4v) is 3.34. The van der Waals surface area contributed by atoms with E-state index in [1.807, 2.05) is 44.2 Å². The average molecular weight is 406 g/mol. The second-order valence-electron chi connectivity index (χ2n) is 6.62. The van der Waals surface area contributed by atoms with Gasteiger partial charge in [0.05, 0.1) is 12.6 Å². The summed E-state index contributed by atoms with van der Waals surface area (Å²) in [6.45, 7) is 5.85. The van der Waals surface area contributed by atoms with Gasteiger partial charge < -0.3 is 20.2 Å². The normalized spacial score (nSPS) is 13.2. The van der Waals surface area contributed by atoms with E-state index in [1.165, 1.54) is 6.26 Å². The van der Waals surface area contributed by atoms with Crippen LogP contribution < -0.4 is 11.1 Å². The Morgan fingerprint density at radius 3 is 2.64 bits per heavy atom. The van der Waals surface area contributed by atoms with Gasteiger partial charge in [0.1, 0.15) is 12.3 Å². The van der Waals surface area contributed by atoms with Crippen LogP contribution in [0.25, 0.3) is 0 Å². The summed E-state index contributed by atoms with van der Waals surface area (Å²) >= 11 is 1.54. The third kappa shape index (κ3) is 6.38. The van der Waals surface area contributed by atoms with Crippen molar-refractivity contribution >= 4 is 23.6 Å². The van der Waals surface area contributed by atoms with Crippen molar-refractivity contribution in [3.63, 3.8) is 0 Å². The van der Waals surface area contributed by atoms with Gasteiger partial charge in [-0.2, -0.15) is 11.8 Å². The monoisotopic (exact) mass is 405 g/mol. The van der Waals surface area contributed by atoms with Gasteiger partial charge in [-0.15, -0.1) is 0 Å². The molecule has 0 aliphatic heterocycles. The maximum absolute atomic E-state index is 12.5. The third-order valence-electron chi connectivity index (χ3n) is 4.03. The van der Waals surface area contributed by atoms with Gasteiger partial charge in [0, 0.05) is 11.5 Å². The molecule has 0 saturated heterocycles. The summed E-state index contributed by atoms with van der Waals surface area (Å²) in [7, 11) is 0. The molecule has 2 rings (SSSR count). The molecule has 0 radical (unpaired) electrons. The quantitative estimate of drug-likeness (QED) is 0.585. The number of oxazole rings is 1. The maximum Gasteiger partial charge on any atom is 0.329 e. The van der Waals surface area contributed by atoms with Crippen LogP contribution in [0.1, 0.15) is 48.8 Å². The topological polar surface area (TPSA) is 107 Å². The molecule has 1 aromatic carbocycles. The zero-order chi connectivity index (χ0) is 20.5. The third-order valence-corrected chi connectivity index (χ3v) is 5.14. The molecule has 7 nitrogen and oxygen atoms in total. The van der Waals surface area contributed by atoms with E-state index in [9.17, 15) is 9.59 Å². The SMILES string of the molecule is CCOC(=O)C(CSCc1ccccc1)NC(=O)c1coc(C(N)C(C)C)n1. The molecule has 1 aromatic heterocycles. The molecular formula is C20H27N3O4S. The minimum absolute atomic E-state index is 0.0912.